The van der Waals surface area contributed by atoms with Gasteiger partial charge in [0.25, 0.3) is 0 Å². The smallest absolute Gasteiger partial charge is 0.308 e. The van der Waals surface area contributed by atoms with Gasteiger partial charge in [-0.15, -0.1) is 0 Å². The summed E-state index contributed by atoms with van der Waals surface area (Å²) in [6, 6.07) is 15.4. The molecule has 0 aliphatic heterocycles. The van der Waals surface area contributed by atoms with Gasteiger partial charge in [0.05, 0.1) is 0 Å². The van der Waals surface area contributed by atoms with Crippen LogP contribution in [-0.2, 0) is 10.2 Å². The minimum absolute atomic E-state index is 0.180. The van der Waals surface area contributed by atoms with Crippen LogP contribution in [0.5, 0.6) is 5.75 Å². The number of nitrogens with zero attached hydrogens (tertiary/aromatic N) is 1. The summed E-state index contributed by atoms with van der Waals surface area (Å²) in [6.45, 7) is 6.10. The van der Waals surface area contributed by atoms with Gasteiger partial charge in [-0.05, 0) is 85.7 Å². The molecule has 1 saturated carbocycles. The van der Waals surface area contributed by atoms with Crippen molar-refractivity contribution in [2.24, 2.45) is 0 Å². The second-order valence-corrected chi connectivity index (χ2v) is 9.01. The first-order valence-corrected chi connectivity index (χ1v) is 10.5. The molecule has 3 nitrogen and oxygen atoms in total. The lowest BCUT2D eigenvalue weighted by Gasteiger charge is -2.41. The van der Waals surface area contributed by atoms with Crippen molar-refractivity contribution in [1.82, 2.24) is 4.90 Å². The predicted molar refractivity (Wildman–Crippen MR) is 116 cm³/mol. The van der Waals surface area contributed by atoms with E-state index in [2.05, 4.69) is 55.8 Å². The summed E-state index contributed by atoms with van der Waals surface area (Å²) in [4.78, 5) is 13.6. The zero-order valence-electron chi connectivity index (χ0n) is 17.8. The lowest BCUT2D eigenvalue weighted by Crippen LogP contribution is -2.35. The molecule has 3 heteroatoms. The van der Waals surface area contributed by atoms with Crippen molar-refractivity contribution >= 4 is 5.97 Å². The molecule has 0 saturated heterocycles. The molecule has 29 heavy (non-hydrogen) atoms. The Hall–Kier alpha value is -2.57. The topological polar surface area (TPSA) is 29.5 Å². The van der Waals surface area contributed by atoms with Crippen LogP contribution in [0.15, 0.2) is 42.5 Å². The Morgan fingerprint density at radius 2 is 1.69 bits per heavy atom. The van der Waals surface area contributed by atoms with Crippen molar-refractivity contribution in [1.29, 1.82) is 0 Å². The molecule has 0 heterocycles. The third-order valence-corrected chi connectivity index (χ3v) is 6.27. The normalized spacial score (nSPS) is 19.8. The number of benzene rings is 2. The Kier molecular flexibility index (Phi) is 5.23. The van der Waals surface area contributed by atoms with E-state index < -0.39 is 0 Å². The Balaban J connectivity index is 1.59. The van der Waals surface area contributed by atoms with Crippen LogP contribution in [-0.4, -0.2) is 24.0 Å². The highest BCUT2D eigenvalue weighted by molar-refractivity contribution is 5.69. The Labute approximate surface area is 174 Å². The van der Waals surface area contributed by atoms with E-state index in [-0.39, 0.29) is 11.4 Å². The number of fused-ring (bicyclic) bond motifs is 1. The number of hydrogen-bond acceptors (Lipinski definition) is 3. The van der Waals surface area contributed by atoms with Crippen molar-refractivity contribution in [3.63, 3.8) is 0 Å². The molecule has 0 spiro atoms. The standard InChI is InChI=1S/C26H29NO2/c1-18(28)29-22-12-7-19(8-13-22)5-6-20-9-14-23-24(17-20)26(2,3)16-15-25(23)27(4)21-10-11-21/h7-9,12-14,17,21,25H,10-11,15-16H2,1-4H3. The average molecular weight is 388 g/mol. The van der Waals surface area contributed by atoms with E-state index in [1.165, 1.54) is 43.7 Å². The number of esters is 1. The molecule has 0 N–H and O–H groups in total. The molecule has 2 aromatic rings. The van der Waals surface area contributed by atoms with Gasteiger partial charge in [0.2, 0.25) is 0 Å². The van der Waals surface area contributed by atoms with Crippen LogP contribution in [0.3, 0.4) is 0 Å². The van der Waals surface area contributed by atoms with E-state index >= 15 is 0 Å². The van der Waals surface area contributed by atoms with Gasteiger partial charge in [-0.2, -0.15) is 0 Å². The van der Waals surface area contributed by atoms with E-state index in [1.54, 1.807) is 12.1 Å². The first-order valence-electron chi connectivity index (χ1n) is 10.5. The highest BCUT2D eigenvalue weighted by atomic mass is 16.5. The quantitative estimate of drug-likeness (QED) is 0.411. The van der Waals surface area contributed by atoms with Gasteiger partial charge in [-0.3, -0.25) is 9.69 Å². The van der Waals surface area contributed by atoms with Gasteiger partial charge in [0.15, 0.2) is 0 Å². The third kappa shape index (κ3) is 4.38. The SMILES string of the molecule is CC(=O)Oc1ccc(C#Cc2ccc3c(c2)C(C)(C)CCC3N(C)C2CC2)cc1. The number of rotatable bonds is 3. The molecule has 0 amide bonds. The summed E-state index contributed by atoms with van der Waals surface area (Å²) >= 11 is 0. The molecule has 1 atom stereocenters. The maximum Gasteiger partial charge on any atom is 0.308 e. The van der Waals surface area contributed by atoms with Gasteiger partial charge >= 0.3 is 5.97 Å². The van der Waals surface area contributed by atoms with Gasteiger partial charge in [-0.25, -0.2) is 0 Å². The minimum atomic E-state index is -0.314. The van der Waals surface area contributed by atoms with Crippen LogP contribution in [0.2, 0.25) is 0 Å². The monoisotopic (exact) mass is 387 g/mol. The lowest BCUT2D eigenvalue weighted by molar-refractivity contribution is -0.131. The lowest BCUT2D eigenvalue weighted by atomic mass is 9.70. The maximum atomic E-state index is 11.0. The summed E-state index contributed by atoms with van der Waals surface area (Å²) < 4.78 is 5.08. The summed E-state index contributed by atoms with van der Waals surface area (Å²) in [5, 5.41) is 0. The van der Waals surface area contributed by atoms with Crippen LogP contribution >= 0.6 is 0 Å². The fraction of sp³-hybridized carbons (Fsp3) is 0.423. The van der Waals surface area contributed by atoms with E-state index in [1.807, 2.05) is 12.1 Å². The minimum Gasteiger partial charge on any atom is -0.427 e. The van der Waals surface area contributed by atoms with Gasteiger partial charge in [-0.1, -0.05) is 31.8 Å². The molecular formula is C26H29NO2. The molecule has 1 fully saturated rings. The van der Waals surface area contributed by atoms with E-state index in [4.69, 9.17) is 4.74 Å². The summed E-state index contributed by atoms with van der Waals surface area (Å²) in [6.07, 6.45) is 5.11. The van der Waals surface area contributed by atoms with Crippen LogP contribution in [0.4, 0.5) is 0 Å². The number of ether oxygens (including phenoxy) is 1. The number of carbonyl (C=O) groups is 1. The number of hydrogen-bond donors (Lipinski definition) is 0. The van der Waals surface area contributed by atoms with Crippen molar-refractivity contribution in [2.75, 3.05) is 7.05 Å². The maximum absolute atomic E-state index is 11.0. The Morgan fingerprint density at radius 1 is 1.03 bits per heavy atom. The molecule has 4 rings (SSSR count). The highest BCUT2D eigenvalue weighted by Gasteiger charge is 2.38. The van der Waals surface area contributed by atoms with Crippen LogP contribution in [0.25, 0.3) is 0 Å². The predicted octanol–water partition coefficient (Wildman–Crippen LogP) is 5.22. The Bertz CT molecular complexity index is 974. The second-order valence-electron chi connectivity index (χ2n) is 9.01. The van der Waals surface area contributed by atoms with Gasteiger partial charge < -0.3 is 4.74 Å². The average Bonchev–Trinajstić information content (AvgIpc) is 3.52. The largest absolute Gasteiger partial charge is 0.427 e. The van der Waals surface area contributed by atoms with Gasteiger partial charge in [0.1, 0.15) is 5.75 Å². The highest BCUT2D eigenvalue weighted by Crippen LogP contribution is 2.46. The van der Waals surface area contributed by atoms with E-state index in [0.29, 0.717) is 11.8 Å². The molecule has 0 aromatic heterocycles. The second kappa shape index (κ2) is 7.69. The molecular weight excluding hydrogens is 358 g/mol. The zero-order chi connectivity index (χ0) is 20.6. The summed E-state index contributed by atoms with van der Waals surface area (Å²) in [5.74, 6) is 6.79. The molecule has 2 aliphatic carbocycles. The summed E-state index contributed by atoms with van der Waals surface area (Å²) in [5.41, 5.74) is 5.06. The van der Waals surface area contributed by atoms with Crippen molar-refractivity contribution in [3.8, 4) is 17.6 Å². The summed E-state index contributed by atoms with van der Waals surface area (Å²) in [7, 11) is 2.29. The van der Waals surface area contributed by atoms with Gasteiger partial charge in [0, 0.05) is 30.1 Å². The Morgan fingerprint density at radius 3 is 2.34 bits per heavy atom. The number of carbonyl (C=O) groups excluding carboxylic acids is 1. The first-order chi connectivity index (χ1) is 13.8. The molecule has 150 valence electrons. The molecule has 2 aromatic carbocycles. The molecule has 0 bridgehead atoms. The molecule has 2 aliphatic rings. The van der Waals surface area contributed by atoms with E-state index in [9.17, 15) is 4.79 Å². The zero-order valence-corrected chi connectivity index (χ0v) is 17.8. The van der Waals surface area contributed by atoms with Crippen molar-refractivity contribution in [2.45, 2.75) is 64.0 Å². The van der Waals surface area contributed by atoms with Crippen LogP contribution < -0.4 is 4.74 Å². The molecule has 0 radical (unpaired) electrons. The fourth-order valence-corrected chi connectivity index (χ4v) is 4.37. The fourth-order valence-electron chi connectivity index (χ4n) is 4.37. The van der Waals surface area contributed by atoms with Crippen molar-refractivity contribution in [3.05, 3.63) is 64.7 Å². The van der Waals surface area contributed by atoms with Crippen LogP contribution in [0, 0.1) is 11.8 Å². The third-order valence-electron chi connectivity index (χ3n) is 6.27. The van der Waals surface area contributed by atoms with E-state index in [0.717, 1.165) is 17.2 Å². The molecule has 1 unspecified atom stereocenters. The van der Waals surface area contributed by atoms with Crippen LogP contribution in [0.1, 0.15) is 74.8 Å². The van der Waals surface area contributed by atoms with Crippen molar-refractivity contribution < 1.29 is 9.53 Å². The first kappa shape index (κ1) is 19.7.